The summed E-state index contributed by atoms with van der Waals surface area (Å²) in [5.74, 6) is 5.83. The minimum Gasteiger partial charge on any atom is -0.310 e. The van der Waals surface area contributed by atoms with Gasteiger partial charge in [0, 0.05) is 26.5 Å². The molecule has 5 aromatic carbocycles. The molecule has 0 spiro atoms. The summed E-state index contributed by atoms with van der Waals surface area (Å²) in [6.07, 6.45) is 0. The largest absolute Gasteiger partial charge is 0.310 e. The van der Waals surface area contributed by atoms with E-state index in [1.54, 1.807) is 0 Å². The van der Waals surface area contributed by atoms with E-state index in [1.807, 2.05) is 127 Å². The minimum absolute atomic E-state index is 0.685. The second-order valence-corrected chi connectivity index (χ2v) is 18.4. The molecule has 0 aliphatic heterocycles. The van der Waals surface area contributed by atoms with Crippen LogP contribution in [0.15, 0.2) is 177 Å². The molecule has 0 fully saturated rings. The molecule has 0 N–H and O–H groups in total. The summed E-state index contributed by atoms with van der Waals surface area (Å²) in [7, 11) is -8.81. The first-order valence-electron chi connectivity index (χ1n) is 14.0. The van der Waals surface area contributed by atoms with Gasteiger partial charge < -0.3 is 13.7 Å². The first-order chi connectivity index (χ1) is 21.2. The van der Waals surface area contributed by atoms with E-state index < -0.39 is 21.4 Å². The van der Waals surface area contributed by atoms with E-state index in [0.717, 1.165) is 38.2 Å². The van der Waals surface area contributed by atoms with Crippen LogP contribution in [0.1, 0.15) is 0 Å². The molecule has 44 heavy (non-hydrogen) atoms. The van der Waals surface area contributed by atoms with Crippen molar-refractivity contribution in [1.29, 1.82) is 0 Å². The van der Waals surface area contributed by atoms with E-state index in [1.165, 1.54) is 23.3 Å². The molecule has 0 saturated carbocycles. The van der Waals surface area contributed by atoms with Gasteiger partial charge >= 0.3 is 0 Å². The predicted molar refractivity (Wildman–Crippen MR) is 192 cm³/mol. The molecule has 0 heterocycles. The average Bonchev–Trinajstić information content (AvgIpc) is 3.11. The van der Waals surface area contributed by atoms with Gasteiger partial charge in [0.1, 0.15) is 0 Å². The maximum Gasteiger partial charge on any atom is 0.171 e. The van der Waals surface area contributed by atoms with Crippen molar-refractivity contribution >= 4 is 47.9 Å². The molecular formula is C38H33O3P3. The van der Waals surface area contributed by atoms with Gasteiger partial charge in [-0.3, -0.25) is 0 Å². The van der Waals surface area contributed by atoms with Gasteiger partial charge in [0.25, 0.3) is 0 Å². The van der Waals surface area contributed by atoms with E-state index in [0.29, 0.717) is 10.6 Å². The van der Waals surface area contributed by atoms with Gasteiger partial charge in [-0.1, -0.05) is 154 Å². The molecule has 0 bridgehead atoms. The Bertz CT molecular complexity index is 1820. The second kappa shape index (κ2) is 12.8. The van der Waals surface area contributed by atoms with E-state index >= 15 is 4.57 Å². The Labute approximate surface area is 260 Å². The Balaban J connectivity index is 1.49. The Hall–Kier alpha value is -4.25. The molecule has 0 unspecified atom stereocenters. The maximum absolute atomic E-state index is 15.1. The van der Waals surface area contributed by atoms with Crippen LogP contribution in [0.2, 0.25) is 0 Å². The molecule has 5 rings (SSSR count). The second-order valence-electron chi connectivity index (χ2n) is 10.3. The van der Waals surface area contributed by atoms with E-state index in [-0.39, 0.29) is 0 Å². The summed E-state index contributed by atoms with van der Waals surface area (Å²) in [5.41, 5.74) is 3.84. The molecule has 0 aromatic heterocycles. The molecule has 0 atom stereocenters. The molecular weight excluding hydrogens is 597 g/mol. The first kappa shape index (κ1) is 31.2. The Kier molecular flexibility index (Phi) is 9.05. The van der Waals surface area contributed by atoms with Crippen molar-refractivity contribution in [3.63, 3.8) is 0 Å². The van der Waals surface area contributed by atoms with E-state index in [4.69, 9.17) is 0 Å². The van der Waals surface area contributed by atoms with Crippen molar-refractivity contribution in [3.8, 4) is 22.3 Å². The molecule has 0 amide bonds. The molecule has 218 valence electrons. The molecule has 0 aliphatic carbocycles. The standard InChI is InChI=1S/C38H33O3P3/c1-5-42(39,6-2)34-22-14-30(15-23-34)32-18-26-37(27-19-32)44(41,36-12-10-9-11-13-36)38-28-20-33(21-29-38)31-16-24-35(25-17-31)43(40,7-3)8-4/h5-29H,1-4H2. The average molecular weight is 631 g/mol. The summed E-state index contributed by atoms with van der Waals surface area (Å²) in [6, 6.07) is 40.3. The van der Waals surface area contributed by atoms with Gasteiger partial charge in [0.2, 0.25) is 0 Å². The Morgan fingerprint density at radius 3 is 0.864 bits per heavy atom. The number of hydrogen-bond donors (Lipinski definition) is 0. The third kappa shape index (κ3) is 5.80. The molecule has 3 nitrogen and oxygen atoms in total. The van der Waals surface area contributed by atoms with Gasteiger partial charge in [-0.05, 0) is 45.5 Å². The highest BCUT2D eigenvalue weighted by atomic mass is 31.2. The lowest BCUT2D eigenvalue weighted by Crippen LogP contribution is -2.24. The van der Waals surface area contributed by atoms with Crippen LogP contribution in [0.4, 0.5) is 0 Å². The van der Waals surface area contributed by atoms with Gasteiger partial charge in [-0.2, -0.15) is 0 Å². The minimum atomic E-state index is -3.19. The zero-order chi connectivity index (χ0) is 31.4. The van der Waals surface area contributed by atoms with Crippen LogP contribution >= 0.6 is 21.4 Å². The monoisotopic (exact) mass is 630 g/mol. The zero-order valence-corrected chi connectivity index (χ0v) is 27.0. The van der Waals surface area contributed by atoms with Crippen molar-refractivity contribution in [2.24, 2.45) is 0 Å². The molecule has 0 aliphatic rings. The number of benzene rings is 5. The molecule has 0 radical (unpaired) electrons. The van der Waals surface area contributed by atoms with Gasteiger partial charge in [0.15, 0.2) is 21.4 Å². The lowest BCUT2D eigenvalue weighted by Gasteiger charge is -2.21. The third-order valence-corrected chi connectivity index (χ3v) is 15.3. The predicted octanol–water partition coefficient (Wildman–Crippen LogP) is 9.21. The fraction of sp³-hybridized carbons (Fsp3) is 0. The van der Waals surface area contributed by atoms with Crippen molar-refractivity contribution in [2.75, 3.05) is 0 Å². The van der Waals surface area contributed by atoms with E-state index in [2.05, 4.69) is 26.3 Å². The Morgan fingerprint density at radius 1 is 0.341 bits per heavy atom. The quantitative estimate of drug-likeness (QED) is 0.137. The van der Waals surface area contributed by atoms with Crippen molar-refractivity contribution in [1.82, 2.24) is 0 Å². The maximum atomic E-state index is 15.1. The van der Waals surface area contributed by atoms with Gasteiger partial charge in [0.05, 0.1) is 0 Å². The van der Waals surface area contributed by atoms with Crippen LogP contribution in [0.25, 0.3) is 22.3 Å². The highest BCUT2D eigenvalue weighted by Gasteiger charge is 2.29. The van der Waals surface area contributed by atoms with Gasteiger partial charge in [-0.15, -0.1) is 0 Å². The highest BCUT2D eigenvalue weighted by Crippen LogP contribution is 2.48. The summed E-state index contributed by atoms with van der Waals surface area (Å²) in [5, 5.41) is 3.58. The Morgan fingerprint density at radius 2 is 0.591 bits per heavy atom. The summed E-state index contributed by atoms with van der Waals surface area (Å²) >= 11 is 0. The lowest BCUT2D eigenvalue weighted by atomic mass is 10.1. The normalized spacial score (nSPS) is 11.8. The highest BCUT2D eigenvalue weighted by molar-refractivity contribution is 7.85. The molecule has 5 aromatic rings. The number of rotatable bonds is 11. The van der Waals surface area contributed by atoms with Crippen LogP contribution in [0.5, 0.6) is 0 Å². The van der Waals surface area contributed by atoms with E-state index in [9.17, 15) is 9.13 Å². The van der Waals surface area contributed by atoms with Crippen molar-refractivity contribution in [3.05, 3.63) is 177 Å². The van der Waals surface area contributed by atoms with Gasteiger partial charge in [-0.25, -0.2) is 0 Å². The van der Waals surface area contributed by atoms with Crippen LogP contribution < -0.4 is 26.5 Å². The lowest BCUT2D eigenvalue weighted by molar-refractivity contribution is 0.591. The fourth-order valence-electron chi connectivity index (χ4n) is 5.16. The number of hydrogen-bond acceptors (Lipinski definition) is 3. The summed E-state index contributed by atoms with van der Waals surface area (Å²) < 4.78 is 40.9. The van der Waals surface area contributed by atoms with Crippen LogP contribution in [0, 0.1) is 0 Å². The fourth-order valence-corrected chi connectivity index (χ4v) is 10.2. The van der Waals surface area contributed by atoms with Crippen molar-refractivity contribution < 1.29 is 13.7 Å². The summed E-state index contributed by atoms with van der Waals surface area (Å²) in [6.45, 7) is 14.8. The van der Waals surface area contributed by atoms with Crippen LogP contribution in [0.3, 0.4) is 0 Å². The first-order valence-corrected chi connectivity index (χ1v) is 19.4. The SMILES string of the molecule is C=CP(=O)(C=C)c1ccc(-c2ccc(P(=O)(c3ccccc3)c3ccc(-c4ccc(P(=O)(C=C)C=C)cc4)cc3)cc2)cc1. The third-order valence-electron chi connectivity index (χ3n) is 7.87. The molecule has 0 saturated heterocycles. The smallest absolute Gasteiger partial charge is 0.171 e. The topological polar surface area (TPSA) is 51.2 Å². The summed E-state index contributed by atoms with van der Waals surface area (Å²) in [4.78, 5) is 0. The zero-order valence-electron chi connectivity index (χ0n) is 24.3. The van der Waals surface area contributed by atoms with Crippen LogP contribution in [-0.2, 0) is 13.7 Å². The van der Waals surface area contributed by atoms with Crippen molar-refractivity contribution in [2.45, 2.75) is 0 Å². The van der Waals surface area contributed by atoms with Crippen LogP contribution in [-0.4, -0.2) is 0 Å². The molecule has 6 heteroatoms.